The van der Waals surface area contributed by atoms with E-state index in [1.807, 2.05) is 6.07 Å². The molecular formula is C15H17N. The van der Waals surface area contributed by atoms with Gasteiger partial charge in [-0.05, 0) is 48.6 Å². The van der Waals surface area contributed by atoms with Crippen LogP contribution in [0.5, 0.6) is 0 Å². The Morgan fingerprint density at radius 2 is 1.69 bits per heavy atom. The zero-order valence-corrected chi connectivity index (χ0v) is 9.83. The van der Waals surface area contributed by atoms with Crippen molar-refractivity contribution in [2.45, 2.75) is 20.3 Å². The minimum absolute atomic E-state index is 0.892. The summed E-state index contributed by atoms with van der Waals surface area (Å²) in [5, 5.41) is 0. The first-order valence-corrected chi connectivity index (χ1v) is 5.56. The molecule has 0 unspecified atom stereocenters. The topological polar surface area (TPSA) is 26.0 Å². The van der Waals surface area contributed by atoms with E-state index in [9.17, 15) is 0 Å². The molecule has 16 heavy (non-hydrogen) atoms. The molecule has 82 valence electrons. The Balaban J connectivity index is 2.31. The van der Waals surface area contributed by atoms with Gasteiger partial charge < -0.3 is 5.73 Å². The number of nitrogens with two attached hydrogens (primary N) is 1. The summed E-state index contributed by atoms with van der Waals surface area (Å²) in [6, 6.07) is 14.7. The van der Waals surface area contributed by atoms with Crippen molar-refractivity contribution in [3.8, 4) is 0 Å². The molecule has 2 aromatic rings. The Hall–Kier alpha value is -1.76. The Kier molecular flexibility index (Phi) is 2.95. The molecule has 0 bridgehead atoms. The smallest absolute Gasteiger partial charge is 0.0352 e. The molecule has 1 nitrogen and oxygen atoms in total. The first-order chi connectivity index (χ1) is 7.66. The van der Waals surface area contributed by atoms with Gasteiger partial charge in [-0.1, -0.05) is 36.4 Å². The summed E-state index contributed by atoms with van der Waals surface area (Å²) in [7, 11) is 0. The minimum Gasteiger partial charge on any atom is -0.398 e. The van der Waals surface area contributed by atoms with Crippen molar-refractivity contribution in [2.24, 2.45) is 0 Å². The summed E-state index contributed by atoms with van der Waals surface area (Å²) in [5.41, 5.74) is 12.0. The lowest BCUT2D eigenvalue weighted by Gasteiger charge is -2.09. The first kappa shape index (κ1) is 10.7. The molecule has 0 heterocycles. The lowest BCUT2D eigenvalue weighted by Crippen LogP contribution is -1.97. The average molecular weight is 211 g/mol. The van der Waals surface area contributed by atoms with E-state index in [4.69, 9.17) is 5.73 Å². The van der Waals surface area contributed by atoms with Crippen LogP contribution in [0.4, 0.5) is 5.69 Å². The summed E-state index contributed by atoms with van der Waals surface area (Å²) in [4.78, 5) is 0. The maximum atomic E-state index is 6.02. The Morgan fingerprint density at radius 1 is 0.938 bits per heavy atom. The second-order valence-corrected chi connectivity index (χ2v) is 4.31. The molecule has 0 aliphatic heterocycles. The fourth-order valence-corrected chi connectivity index (χ4v) is 1.89. The van der Waals surface area contributed by atoms with Crippen molar-refractivity contribution in [1.29, 1.82) is 0 Å². The second-order valence-electron chi connectivity index (χ2n) is 4.31. The zero-order valence-electron chi connectivity index (χ0n) is 9.83. The number of nitrogen functional groups attached to an aromatic ring is 1. The number of benzene rings is 2. The highest BCUT2D eigenvalue weighted by Crippen LogP contribution is 2.19. The van der Waals surface area contributed by atoms with Crippen LogP contribution in [0, 0.1) is 13.8 Å². The summed E-state index contributed by atoms with van der Waals surface area (Å²) in [5.74, 6) is 0. The molecule has 0 aromatic heterocycles. The van der Waals surface area contributed by atoms with Crippen molar-refractivity contribution in [1.82, 2.24) is 0 Å². The molecule has 0 saturated carbocycles. The van der Waals surface area contributed by atoms with Gasteiger partial charge in [0.1, 0.15) is 0 Å². The maximum absolute atomic E-state index is 6.02. The van der Waals surface area contributed by atoms with Crippen molar-refractivity contribution >= 4 is 5.69 Å². The number of hydrogen-bond acceptors (Lipinski definition) is 1. The maximum Gasteiger partial charge on any atom is 0.0352 e. The minimum atomic E-state index is 0.892. The first-order valence-electron chi connectivity index (χ1n) is 5.56. The Morgan fingerprint density at radius 3 is 2.38 bits per heavy atom. The van der Waals surface area contributed by atoms with Gasteiger partial charge in [-0.2, -0.15) is 0 Å². The van der Waals surface area contributed by atoms with Crippen LogP contribution >= 0.6 is 0 Å². The van der Waals surface area contributed by atoms with Gasteiger partial charge >= 0.3 is 0 Å². The third-order valence-corrected chi connectivity index (χ3v) is 2.94. The summed E-state index contributed by atoms with van der Waals surface area (Å²) in [6.45, 7) is 4.20. The normalized spacial score (nSPS) is 10.4. The largest absolute Gasteiger partial charge is 0.398 e. The number of hydrogen-bond donors (Lipinski definition) is 1. The van der Waals surface area contributed by atoms with Gasteiger partial charge in [0, 0.05) is 5.69 Å². The van der Waals surface area contributed by atoms with E-state index in [0.717, 1.165) is 12.1 Å². The quantitative estimate of drug-likeness (QED) is 0.756. The highest BCUT2D eigenvalue weighted by molar-refractivity contribution is 5.51. The van der Waals surface area contributed by atoms with E-state index in [-0.39, 0.29) is 0 Å². The Bertz CT molecular complexity index is 501. The van der Waals surface area contributed by atoms with Crippen LogP contribution < -0.4 is 5.73 Å². The molecule has 0 spiro atoms. The number of aryl methyl sites for hydroxylation is 2. The van der Waals surface area contributed by atoms with E-state index in [1.54, 1.807) is 0 Å². The predicted molar refractivity (Wildman–Crippen MR) is 69.6 cm³/mol. The summed E-state index contributed by atoms with van der Waals surface area (Å²) in [6.07, 6.45) is 0.915. The van der Waals surface area contributed by atoms with Crippen molar-refractivity contribution in [2.75, 3.05) is 5.73 Å². The van der Waals surface area contributed by atoms with Crippen molar-refractivity contribution in [3.63, 3.8) is 0 Å². The van der Waals surface area contributed by atoms with E-state index in [1.165, 1.54) is 22.3 Å². The zero-order chi connectivity index (χ0) is 11.5. The van der Waals surface area contributed by atoms with Crippen LogP contribution in [-0.2, 0) is 6.42 Å². The molecule has 2 N–H and O–H groups in total. The third-order valence-electron chi connectivity index (χ3n) is 2.94. The van der Waals surface area contributed by atoms with Gasteiger partial charge in [0.05, 0.1) is 0 Å². The van der Waals surface area contributed by atoms with E-state index in [0.29, 0.717) is 0 Å². The highest BCUT2D eigenvalue weighted by atomic mass is 14.6. The lowest BCUT2D eigenvalue weighted by molar-refractivity contribution is 1.16. The molecule has 0 amide bonds. The van der Waals surface area contributed by atoms with Crippen LogP contribution in [0.1, 0.15) is 22.3 Å². The fraction of sp³-hybridized carbons (Fsp3) is 0.200. The van der Waals surface area contributed by atoms with Gasteiger partial charge in [0.25, 0.3) is 0 Å². The molecule has 0 atom stereocenters. The molecule has 0 aliphatic rings. The fourth-order valence-electron chi connectivity index (χ4n) is 1.89. The van der Waals surface area contributed by atoms with Gasteiger partial charge in [-0.25, -0.2) is 0 Å². The van der Waals surface area contributed by atoms with E-state index < -0.39 is 0 Å². The Labute approximate surface area is 96.9 Å². The molecule has 1 heteroatoms. The van der Waals surface area contributed by atoms with Crippen LogP contribution in [-0.4, -0.2) is 0 Å². The molecule has 0 fully saturated rings. The summed E-state index contributed by atoms with van der Waals surface area (Å²) < 4.78 is 0. The summed E-state index contributed by atoms with van der Waals surface area (Å²) >= 11 is 0. The van der Waals surface area contributed by atoms with Crippen LogP contribution in [0.3, 0.4) is 0 Å². The SMILES string of the molecule is Cc1ccc(Cc2ccccc2C)c(N)c1. The molecular weight excluding hydrogens is 194 g/mol. The monoisotopic (exact) mass is 211 g/mol. The van der Waals surface area contributed by atoms with Gasteiger partial charge in [-0.3, -0.25) is 0 Å². The lowest BCUT2D eigenvalue weighted by atomic mass is 9.99. The third kappa shape index (κ3) is 2.25. The van der Waals surface area contributed by atoms with Crippen LogP contribution in [0.25, 0.3) is 0 Å². The molecule has 0 radical (unpaired) electrons. The molecule has 0 aliphatic carbocycles. The second kappa shape index (κ2) is 4.40. The van der Waals surface area contributed by atoms with Crippen molar-refractivity contribution < 1.29 is 0 Å². The average Bonchev–Trinajstić information content (AvgIpc) is 2.25. The molecule has 2 rings (SSSR count). The highest BCUT2D eigenvalue weighted by Gasteiger charge is 2.02. The van der Waals surface area contributed by atoms with Crippen molar-refractivity contribution in [3.05, 3.63) is 64.7 Å². The predicted octanol–water partition coefficient (Wildman–Crippen LogP) is 3.48. The van der Waals surface area contributed by atoms with Gasteiger partial charge in [-0.15, -0.1) is 0 Å². The molecule has 0 saturated heterocycles. The standard InChI is InChI=1S/C15H17N/c1-11-7-8-14(15(16)9-11)10-13-6-4-3-5-12(13)2/h3-9H,10,16H2,1-2H3. The number of anilines is 1. The van der Waals surface area contributed by atoms with Crippen LogP contribution in [0.15, 0.2) is 42.5 Å². The van der Waals surface area contributed by atoms with Gasteiger partial charge in [0.15, 0.2) is 0 Å². The van der Waals surface area contributed by atoms with E-state index >= 15 is 0 Å². The molecule has 2 aromatic carbocycles. The van der Waals surface area contributed by atoms with Crippen LogP contribution in [0.2, 0.25) is 0 Å². The van der Waals surface area contributed by atoms with Gasteiger partial charge in [0.2, 0.25) is 0 Å². The number of rotatable bonds is 2. The van der Waals surface area contributed by atoms with E-state index in [2.05, 4.69) is 50.2 Å².